The maximum absolute atomic E-state index is 12.1. The lowest BCUT2D eigenvalue weighted by atomic mass is 10.1. The number of fused-ring (bicyclic) bond motifs is 1. The number of hydrogen-bond donors (Lipinski definition) is 2. The molecule has 1 aliphatic heterocycles. The third kappa shape index (κ3) is 4.65. The van der Waals surface area contributed by atoms with Gasteiger partial charge in [-0.1, -0.05) is 12.1 Å². The Bertz CT molecular complexity index is 724. The molecule has 0 saturated carbocycles. The van der Waals surface area contributed by atoms with Gasteiger partial charge in [-0.15, -0.1) is 0 Å². The van der Waals surface area contributed by atoms with Crippen LogP contribution in [0.1, 0.15) is 41.0 Å². The van der Waals surface area contributed by atoms with Crippen LogP contribution < -0.4 is 10.6 Å². The summed E-state index contributed by atoms with van der Waals surface area (Å²) in [6.45, 7) is 2.67. The zero-order valence-electron chi connectivity index (χ0n) is 14.4. The average molecular weight is 361 g/mol. The molecular weight excluding hydrogens is 342 g/mol. The van der Waals surface area contributed by atoms with Gasteiger partial charge in [-0.25, -0.2) is 4.79 Å². The Morgan fingerprint density at radius 3 is 2.19 bits per heavy atom. The van der Waals surface area contributed by atoms with Crippen LogP contribution in [0.25, 0.3) is 0 Å². The van der Waals surface area contributed by atoms with Gasteiger partial charge in [-0.2, -0.15) is 0 Å². The van der Waals surface area contributed by atoms with E-state index in [9.17, 15) is 24.0 Å². The Hall–Kier alpha value is -3.23. The van der Waals surface area contributed by atoms with Gasteiger partial charge in [-0.3, -0.25) is 29.4 Å². The predicted molar refractivity (Wildman–Crippen MR) is 89.2 cm³/mol. The number of carbonyl (C=O) groups excluding carboxylic acids is 5. The molecule has 1 aromatic rings. The Morgan fingerprint density at radius 1 is 1.08 bits per heavy atom. The maximum Gasteiger partial charge on any atom is 0.321 e. The van der Waals surface area contributed by atoms with Gasteiger partial charge in [0.1, 0.15) is 0 Å². The number of rotatable bonds is 6. The quantitative estimate of drug-likeness (QED) is 0.560. The molecule has 5 amide bonds. The van der Waals surface area contributed by atoms with E-state index in [1.54, 1.807) is 38.1 Å². The van der Waals surface area contributed by atoms with E-state index in [0.29, 0.717) is 11.1 Å². The molecule has 0 saturated heterocycles. The van der Waals surface area contributed by atoms with Crippen molar-refractivity contribution in [3.63, 3.8) is 0 Å². The SMILES string of the molecule is CC(C)NC(=O)NC(=O)COC(=O)CCN1C(=O)c2ccccc2C1=O. The number of urea groups is 1. The standard InChI is InChI=1S/C17H19N3O6/c1-10(2)18-17(25)19-13(21)9-26-14(22)7-8-20-15(23)11-5-3-4-6-12(11)16(20)24/h3-6,10H,7-9H2,1-2H3,(H2,18,19,21,25). The summed E-state index contributed by atoms with van der Waals surface area (Å²) in [5.41, 5.74) is 0.586. The van der Waals surface area contributed by atoms with Gasteiger partial charge < -0.3 is 10.1 Å². The number of nitrogens with one attached hydrogen (secondary N) is 2. The zero-order chi connectivity index (χ0) is 19.3. The minimum atomic E-state index is -0.780. The number of esters is 1. The van der Waals surface area contributed by atoms with Crippen LogP contribution in [0.4, 0.5) is 4.79 Å². The van der Waals surface area contributed by atoms with Gasteiger partial charge in [0, 0.05) is 12.6 Å². The fraction of sp³-hybridized carbons (Fsp3) is 0.353. The lowest BCUT2D eigenvalue weighted by molar-refractivity contribution is -0.148. The van der Waals surface area contributed by atoms with Gasteiger partial charge in [0.05, 0.1) is 17.5 Å². The summed E-state index contributed by atoms with van der Waals surface area (Å²) in [5, 5.41) is 4.45. The molecule has 0 atom stereocenters. The van der Waals surface area contributed by atoms with Gasteiger partial charge in [0.2, 0.25) is 0 Å². The summed E-state index contributed by atoms with van der Waals surface area (Å²) < 4.78 is 4.74. The highest BCUT2D eigenvalue weighted by molar-refractivity contribution is 6.21. The lowest BCUT2D eigenvalue weighted by Gasteiger charge is -2.13. The van der Waals surface area contributed by atoms with Crippen molar-refractivity contribution in [1.82, 2.24) is 15.5 Å². The minimum Gasteiger partial charge on any atom is -0.456 e. The molecule has 2 N–H and O–H groups in total. The third-order valence-corrected chi connectivity index (χ3v) is 3.45. The first kappa shape index (κ1) is 19.1. The van der Waals surface area contributed by atoms with Crippen LogP contribution in [-0.4, -0.2) is 53.8 Å². The van der Waals surface area contributed by atoms with Gasteiger partial charge >= 0.3 is 12.0 Å². The smallest absolute Gasteiger partial charge is 0.321 e. The second kappa shape index (κ2) is 8.24. The van der Waals surface area contributed by atoms with Crippen molar-refractivity contribution < 1.29 is 28.7 Å². The van der Waals surface area contributed by atoms with Crippen LogP contribution in [-0.2, 0) is 14.3 Å². The summed E-state index contributed by atoms with van der Waals surface area (Å²) >= 11 is 0. The van der Waals surface area contributed by atoms with Crippen molar-refractivity contribution in [3.05, 3.63) is 35.4 Å². The number of benzene rings is 1. The molecule has 138 valence electrons. The van der Waals surface area contributed by atoms with E-state index in [2.05, 4.69) is 5.32 Å². The average Bonchev–Trinajstić information content (AvgIpc) is 2.82. The molecule has 2 rings (SSSR count). The van der Waals surface area contributed by atoms with Gasteiger partial charge in [0.15, 0.2) is 6.61 Å². The number of imide groups is 2. The molecule has 0 fully saturated rings. The summed E-state index contributed by atoms with van der Waals surface area (Å²) in [6, 6.07) is 5.55. The number of ether oxygens (including phenoxy) is 1. The van der Waals surface area contributed by atoms with Crippen LogP contribution in [0.15, 0.2) is 24.3 Å². The normalized spacial score (nSPS) is 12.8. The van der Waals surface area contributed by atoms with Crippen molar-refractivity contribution in [2.75, 3.05) is 13.2 Å². The molecule has 0 bridgehead atoms. The second-order valence-electron chi connectivity index (χ2n) is 5.89. The number of nitrogens with zero attached hydrogens (tertiary/aromatic N) is 1. The summed E-state index contributed by atoms with van der Waals surface area (Å²) in [5.74, 6) is -2.48. The van der Waals surface area contributed by atoms with Crippen molar-refractivity contribution in [2.24, 2.45) is 0 Å². The predicted octanol–water partition coefficient (Wildman–Crippen LogP) is 0.450. The molecule has 1 heterocycles. The second-order valence-corrected chi connectivity index (χ2v) is 5.89. The molecule has 9 nitrogen and oxygen atoms in total. The monoisotopic (exact) mass is 361 g/mol. The largest absolute Gasteiger partial charge is 0.456 e. The van der Waals surface area contributed by atoms with Crippen molar-refractivity contribution in [3.8, 4) is 0 Å². The van der Waals surface area contributed by atoms with Crippen LogP contribution in [0.2, 0.25) is 0 Å². The summed E-state index contributed by atoms with van der Waals surface area (Å²) in [7, 11) is 0. The van der Waals surface area contributed by atoms with Crippen molar-refractivity contribution in [2.45, 2.75) is 26.3 Å². The van der Waals surface area contributed by atoms with Crippen LogP contribution in [0.3, 0.4) is 0 Å². The number of hydrogen-bond acceptors (Lipinski definition) is 6. The Morgan fingerprint density at radius 2 is 1.65 bits per heavy atom. The van der Waals surface area contributed by atoms with Gasteiger partial charge in [-0.05, 0) is 26.0 Å². The lowest BCUT2D eigenvalue weighted by Crippen LogP contribution is -2.44. The van der Waals surface area contributed by atoms with E-state index in [1.807, 2.05) is 5.32 Å². The van der Waals surface area contributed by atoms with Crippen molar-refractivity contribution >= 4 is 29.7 Å². The summed E-state index contributed by atoms with van der Waals surface area (Å²) in [6.07, 6.45) is -0.253. The number of amides is 5. The first-order chi connectivity index (χ1) is 12.3. The highest BCUT2D eigenvalue weighted by Gasteiger charge is 2.35. The van der Waals surface area contributed by atoms with Crippen LogP contribution >= 0.6 is 0 Å². The molecule has 0 spiro atoms. The minimum absolute atomic E-state index is 0.148. The zero-order valence-corrected chi connectivity index (χ0v) is 14.4. The fourth-order valence-electron chi connectivity index (χ4n) is 2.32. The van der Waals surface area contributed by atoms with E-state index in [0.717, 1.165) is 4.90 Å². The molecule has 0 aliphatic carbocycles. The first-order valence-corrected chi connectivity index (χ1v) is 8.00. The molecular formula is C17H19N3O6. The molecule has 1 aromatic carbocycles. The molecule has 0 aromatic heterocycles. The Kier molecular flexibility index (Phi) is 6.05. The molecule has 9 heteroatoms. The molecule has 26 heavy (non-hydrogen) atoms. The van der Waals surface area contributed by atoms with E-state index in [1.165, 1.54) is 0 Å². The van der Waals surface area contributed by atoms with E-state index in [4.69, 9.17) is 4.74 Å². The van der Waals surface area contributed by atoms with E-state index < -0.39 is 36.3 Å². The molecule has 0 radical (unpaired) electrons. The Labute approximate surface area is 149 Å². The maximum atomic E-state index is 12.1. The molecule has 0 unspecified atom stereocenters. The summed E-state index contributed by atoms with van der Waals surface area (Å²) in [4.78, 5) is 59.7. The first-order valence-electron chi connectivity index (χ1n) is 8.00. The van der Waals surface area contributed by atoms with E-state index >= 15 is 0 Å². The van der Waals surface area contributed by atoms with E-state index in [-0.39, 0.29) is 19.0 Å². The van der Waals surface area contributed by atoms with Crippen molar-refractivity contribution in [1.29, 1.82) is 0 Å². The molecule has 1 aliphatic rings. The number of carbonyl (C=O) groups is 5. The van der Waals surface area contributed by atoms with Crippen LogP contribution in [0.5, 0.6) is 0 Å². The van der Waals surface area contributed by atoms with Crippen LogP contribution in [0, 0.1) is 0 Å². The highest BCUT2D eigenvalue weighted by Crippen LogP contribution is 2.22. The fourth-order valence-corrected chi connectivity index (χ4v) is 2.32. The highest BCUT2D eigenvalue weighted by atomic mass is 16.5. The third-order valence-electron chi connectivity index (χ3n) is 3.45. The Balaban J connectivity index is 1.76. The topological polar surface area (TPSA) is 122 Å². The van der Waals surface area contributed by atoms with Gasteiger partial charge in [0.25, 0.3) is 17.7 Å².